The van der Waals surface area contributed by atoms with Crippen molar-refractivity contribution in [1.29, 1.82) is 5.41 Å². The predicted octanol–water partition coefficient (Wildman–Crippen LogP) is 6.86. The van der Waals surface area contributed by atoms with Crippen LogP contribution in [0.15, 0.2) is 77.2 Å². The zero-order chi connectivity index (χ0) is 34.1. The number of amides is 2. The Balaban J connectivity index is 1.40. The van der Waals surface area contributed by atoms with Gasteiger partial charge in [-0.1, -0.05) is 36.8 Å². The second kappa shape index (κ2) is 13.1. The molecule has 6 rings (SSSR count). The van der Waals surface area contributed by atoms with Crippen LogP contribution in [0.3, 0.4) is 0 Å². The zero-order valence-electron chi connectivity index (χ0n) is 26.2. The first-order valence-corrected chi connectivity index (χ1v) is 17.5. The van der Waals surface area contributed by atoms with Gasteiger partial charge in [-0.05, 0) is 79.3 Å². The highest BCUT2D eigenvalue weighted by Crippen LogP contribution is 2.57. The Labute approximate surface area is 276 Å². The number of nitrogens with zero attached hydrogens (tertiary/aromatic N) is 2. The maximum absolute atomic E-state index is 14.3. The number of anilines is 2. The van der Waals surface area contributed by atoms with Crippen LogP contribution in [0.2, 0.25) is 0 Å². The Morgan fingerprint density at radius 3 is 2.38 bits per heavy atom. The van der Waals surface area contributed by atoms with E-state index in [4.69, 9.17) is 14.9 Å². The number of benzene rings is 3. The average Bonchev–Trinajstić information content (AvgIpc) is 3.30. The van der Waals surface area contributed by atoms with E-state index in [1.165, 1.54) is 6.21 Å². The molecule has 2 heterocycles. The van der Waals surface area contributed by atoms with E-state index in [0.717, 1.165) is 23.2 Å². The summed E-state index contributed by atoms with van der Waals surface area (Å²) in [5.74, 6) is -1.74. The molecule has 1 saturated heterocycles. The Morgan fingerprint density at radius 2 is 1.79 bits per heavy atom. The number of hydrogen-bond donors (Lipinski definition) is 2. The van der Waals surface area contributed by atoms with Crippen molar-refractivity contribution < 1.29 is 36.4 Å². The Bertz CT molecular complexity index is 1870. The number of nitrogens with one attached hydrogen (secondary N) is 2. The van der Waals surface area contributed by atoms with Gasteiger partial charge in [0.1, 0.15) is 17.6 Å². The van der Waals surface area contributed by atoms with Gasteiger partial charge in [-0.3, -0.25) is 9.59 Å². The van der Waals surface area contributed by atoms with Crippen molar-refractivity contribution in [1.82, 2.24) is 0 Å². The number of allylic oxidation sites excluding steroid dienone is 1. The summed E-state index contributed by atoms with van der Waals surface area (Å²) in [6.07, 6.45) is -0.534. The van der Waals surface area contributed by atoms with Crippen LogP contribution in [-0.4, -0.2) is 53.1 Å². The molecule has 0 unspecified atom stereocenters. The van der Waals surface area contributed by atoms with Crippen LogP contribution in [0.1, 0.15) is 48.8 Å². The lowest BCUT2D eigenvalue weighted by Crippen LogP contribution is -2.44. The molecule has 2 amide bonds. The molecule has 13 heteroatoms. The molecule has 2 fully saturated rings. The highest BCUT2D eigenvalue weighted by molar-refractivity contribution is 7.93. The Hall–Kier alpha value is -4.65. The Kier molecular flexibility index (Phi) is 9.08. The minimum absolute atomic E-state index is 0.0358. The molecule has 252 valence electrons. The molecule has 0 atom stereocenters. The number of fused-ring (bicyclic) bond motifs is 2. The van der Waals surface area contributed by atoms with Crippen LogP contribution >= 0.6 is 0 Å². The molecule has 0 radical (unpaired) electrons. The van der Waals surface area contributed by atoms with Crippen molar-refractivity contribution in [3.63, 3.8) is 0 Å². The first-order valence-electron chi connectivity index (χ1n) is 15.6. The zero-order valence-corrected chi connectivity index (χ0v) is 27.0. The number of hydrogen-bond acceptors (Lipinski definition) is 7. The first kappa shape index (κ1) is 33.3. The lowest BCUT2D eigenvalue weighted by Gasteiger charge is -2.37. The molecule has 3 aromatic rings. The fourth-order valence-corrected chi connectivity index (χ4v) is 8.54. The van der Waals surface area contributed by atoms with Gasteiger partial charge in [-0.2, -0.15) is 17.5 Å². The van der Waals surface area contributed by atoms with Crippen molar-refractivity contribution in [3.05, 3.63) is 89.5 Å². The minimum Gasteiger partial charge on any atom is -0.497 e. The lowest BCUT2D eigenvalue weighted by molar-refractivity contribution is -0.169. The fraction of sp³-hybridized carbons (Fsp3) is 0.343. The van der Waals surface area contributed by atoms with E-state index in [0.29, 0.717) is 41.3 Å². The van der Waals surface area contributed by atoms with Gasteiger partial charge in [0.2, 0.25) is 5.91 Å². The summed E-state index contributed by atoms with van der Waals surface area (Å²) in [4.78, 5) is 27.5. The maximum atomic E-state index is 14.3. The van der Waals surface area contributed by atoms with E-state index in [-0.39, 0.29) is 36.8 Å². The van der Waals surface area contributed by atoms with Crippen LogP contribution < -0.4 is 19.7 Å². The van der Waals surface area contributed by atoms with E-state index in [1.807, 2.05) is 60.7 Å². The van der Waals surface area contributed by atoms with Crippen LogP contribution in [0.5, 0.6) is 11.5 Å². The molecule has 0 bridgehead atoms. The summed E-state index contributed by atoms with van der Waals surface area (Å²) in [5.41, 5.74) is 3.67. The second-order valence-corrected chi connectivity index (χ2v) is 14.7. The molecule has 2 aliphatic heterocycles. The van der Waals surface area contributed by atoms with E-state index in [1.54, 1.807) is 24.2 Å². The van der Waals surface area contributed by atoms with E-state index in [9.17, 15) is 27.0 Å². The van der Waals surface area contributed by atoms with Gasteiger partial charge in [-0.25, -0.2) is 4.21 Å². The van der Waals surface area contributed by atoms with Gasteiger partial charge >= 0.3 is 12.1 Å². The molecule has 3 aliphatic rings. The predicted molar refractivity (Wildman–Crippen MR) is 178 cm³/mol. The highest BCUT2D eigenvalue weighted by atomic mass is 32.2. The largest absolute Gasteiger partial charge is 0.497 e. The van der Waals surface area contributed by atoms with Crippen LogP contribution in [0.4, 0.5) is 24.5 Å². The third-order valence-electron chi connectivity index (χ3n) is 9.14. The first-order chi connectivity index (χ1) is 22.9. The second-order valence-electron chi connectivity index (χ2n) is 12.2. The summed E-state index contributed by atoms with van der Waals surface area (Å²) in [6.45, 7) is 0.273. The van der Waals surface area contributed by atoms with Gasteiger partial charge in [0.05, 0.1) is 34.5 Å². The third-order valence-corrected chi connectivity index (χ3v) is 11.4. The molecule has 0 aromatic heterocycles. The molecule has 2 N–H and O–H groups in total. The van der Waals surface area contributed by atoms with Gasteiger partial charge in [-0.15, -0.1) is 0 Å². The summed E-state index contributed by atoms with van der Waals surface area (Å²) in [5, 5.41) is 11.2. The Morgan fingerprint density at radius 1 is 1.10 bits per heavy atom. The van der Waals surface area contributed by atoms with E-state index in [2.05, 4.69) is 9.68 Å². The molecule has 48 heavy (non-hydrogen) atoms. The topological polar surface area (TPSA) is 121 Å². The average molecular weight is 681 g/mol. The number of rotatable bonds is 9. The smallest absolute Gasteiger partial charge is 0.474 e. The number of methoxy groups -OCH3 is 1. The summed E-state index contributed by atoms with van der Waals surface area (Å²) < 4.78 is 66.6. The normalized spacial score (nSPS) is 21.7. The standard InChI is InChI=1S/C35H35F3N4O5S/c1-46-26-10-8-23(9-11-26)22-42-31-28(34(33(42)44)15-5-16-34)20-24(29(12-17-39)40-25-6-3-2-4-7-25)21-30(31)47-27-13-18-48(45,19-14-27)41-32(43)35(36,37)38/h2-4,6-12,17,20-21,27,39-40H,5,13-16,18-19,22H2,1H3/b29-12-,39-17?. The fourth-order valence-electron chi connectivity index (χ4n) is 6.49. The van der Waals surface area contributed by atoms with Crippen molar-refractivity contribution >= 4 is 44.8 Å². The van der Waals surface area contributed by atoms with Crippen LogP contribution in [0.25, 0.3) is 5.70 Å². The molecule has 1 aliphatic carbocycles. The molecule has 1 saturated carbocycles. The molecular weight excluding hydrogens is 645 g/mol. The number of ether oxygens (including phenoxy) is 2. The number of carbonyl (C=O) groups excluding carboxylic acids is 2. The minimum atomic E-state index is -5.19. The van der Waals surface area contributed by atoms with Crippen molar-refractivity contribution in [2.24, 2.45) is 4.36 Å². The SMILES string of the molecule is COc1ccc(CN2C(=O)C3(CCC3)c3cc(/C(=C/C=N)Nc4ccccc4)cc(OC4CCS(=O)(=NC(=O)C(F)(F)F)CC4)c32)cc1. The van der Waals surface area contributed by atoms with Crippen molar-refractivity contribution in [2.45, 2.75) is 56.3 Å². The lowest BCUT2D eigenvalue weighted by atomic mass is 9.65. The molecular formula is C35H35F3N4O5S. The summed E-state index contributed by atoms with van der Waals surface area (Å²) >= 11 is 0. The van der Waals surface area contributed by atoms with Crippen molar-refractivity contribution in [3.8, 4) is 11.5 Å². The molecule has 3 aromatic carbocycles. The van der Waals surface area contributed by atoms with Gasteiger partial charge < -0.3 is 25.1 Å². The number of halogens is 3. The van der Waals surface area contributed by atoms with Crippen LogP contribution in [0, 0.1) is 5.41 Å². The number of alkyl halides is 3. The molecule has 1 spiro atoms. The number of para-hydroxylation sites is 1. The van der Waals surface area contributed by atoms with Gasteiger partial charge in [0, 0.05) is 34.7 Å². The van der Waals surface area contributed by atoms with Gasteiger partial charge in [0.15, 0.2) is 0 Å². The number of carbonyl (C=O) groups is 2. The highest BCUT2D eigenvalue weighted by Gasteiger charge is 2.55. The monoisotopic (exact) mass is 680 g/mol. The molecule has 9 nitrogen and oxygen atoms in total. The summed E-state index contributed by atoms with van der Waals surface area (Å²) in [6, 6.07) is 20.7. The van der Waals surface area contributed by atoms with Gasteiger partial charge in [0.25, 0.3) is 0 Å². The summed E-state index contributed by atoms with van der Waals surface area (Å²) in [7, 11) is -1.82. The third kappa shape index (κ3) is 6.55. The quantitative estimate of drug-likeness (QED) is 0.238. The van der Waals surface area contributed by atoms with Crippen LogP contribution in [-0.2, 0) is 31.3 Å². The maximum Gasteiger partial charge on any atom is 0.474 e. The van der Waals surface area contributed by atoms with E-state index < -0.39 is 33.3 Å². The van der Waals surface area contributed by atoms with E-state index >= 15 is 0 Å². The van der Waals surface area contributed by atoms with Crippen molar-refractivity contribution in [2.75, 3.05) is 28.8 Å².